The smallest absolute Gasteiger partial charge is 0.0119 e. The molecule has 0 amide bonds. The highest BCUT2D eigenvalue weighted by atomic mass is 15.2. The molecule has 0 aromatic heterocycles. The van der Waals surface area contributed by atoms with Gasteiger partial charge in [-0.3, -0.25) is 0 Å². The maximum Gasteiger partial charge on any atom is 0.0119 e. The van der Waals surface area contributed by atoms with Crippen LogP contribution in [0.3, 0.4) is 0 Å². The summed E-state index contributed by atoms with van der Waals surface area (Å²) in [6.07, 6.45) is 5.45. The Balaban J connectivity index is 2.29. The van der Waals surface area contributed by atoms with Gasteiger partial charge in [-0.15, -0.1) is 0 Å². The van der Waals surface area contributed by atoms with Crippen LogP contribution in [0, 0.1) is 0 Å². The van der Waals surface area contributed by atoms with Crippen LogP contribution in [0.15, 0.2) is 0 Å². The first-order valence-electron chi connectivity index (χ1n) is 6.78. The molecule has 1 aliphatic rings. The molecule has 0 bridgehead atoms. The molecule has 0 radical (unpaired) electrons. The summed E-state index contributed by atoms with van der Waals surface area (Å²) in [6, 6.07) is 0.865. The van der Waals surface area contributed by atoms with Crippen molar-refractivity contribution >= 4 is 0 Å². The van der Waals surface area contributed by atoms with E-state index in [0.29, 0.717) is 0 Å². The van der Waals surface area contributed by atoms with Crippen LogP contribution in [0.5, 0.6) is 0 Å². The molecule has 0 aromatic rings. The Morgan fingerprint density at radius 2 is 1.80 bits per heavy atom. The van der Waals surface area contributed by atoms with Gasteiger partial charge in [-0.05, 0) is 52.0 Å². The topological polar surface area (TPSA) is 6.48 Å². The van der Waals surface area contributed by atoms with E-state index in [1.165, 1.54) is 58.4 Å². The fourth-order valence-electron chi connectivity index (χ4n) is 2.56. The van der Waals surface area contributed by atoms with Crippen LogP contribution >= 0.6 is 0 Å². The van der Waals surface area contributed by atoms with Crippen LogP contribution in [0.4, 0.5) is 0 Å². The van der Waals surface area contributed by atoms with Crippen molar-refractivity contribution in [2.75, 3.05) is 32.7 Å². The third-order valence-electron chi connectivity index (χ3n) is 3.73. The maximum absolute atomic E-state index is 2.69. The number of hydrogen-bond donors (Lipinski definition) is 0. The summed E-state index contributed by atoms with van der Waals surface area (Å²) in [5.74, 6) is 0. The first-order chi connectivity index (χ1) is 7.31. The monoisotopic (exact) mass is 212 g/mol. The second-order valence-corrected chi connectivity index (χ2v) is 4.65. The van der Waals surface area contributed by atoms with Crippen LogP contribution < -0.4 is 0 Å². The van der Waals surface area contributed by atoms with Crippen molar-refractivity contribution in [3.05, 3.63) is 0 Å². The number of rotatable bonds is 6. The van der Waals surface area contributed by atoms with Crippen molar-refractivity contribution in [1.82, 2.24) is 9.80 Å². The van der Waals surface area contributed by atoms with Gasteiger partial charge in [0.1, 0.15) is 0 Å². The number of hydrogen-bond acceptors (Lipinski definition) is 2. The molecule has 1 heterocycles. The predicted molar refractivity (Wildman–Crippen MR) is 67.3 cm³/mol. The van der Waals surface area contributed by atoms with Gasteiger partial charge in [0, 0.05) is 6.04 Å². The number of nitrogens with zero attached hydrogens (tertiary/aromatic N) is 2. The van der Waals surface area contributed by atoms with Crippen molar-refractivity contribution in [3.8, 4) is 0 Å². The van der Waals surface area contributed by atoms with E-state index in [4.69, 9.17) is 0 Å². The molecule has 0 aliphatic carbocycles. The SMILES string of the molecule is CCCCN(CC)C1CCN(CC)CC1. The van der Waals surface area contributed by atoms with E-state index in [-0.39, 0.29) is 0 Å². The normalized spacial score (nSPS) is 20.0. The Morgan fingerprint density at radius 1 is 1.13 bits per heavy atom. The van der Waals surface area contributed by atoms with Crippen molar-refractivity contribution in [1.29, 1.82) is 0 Å². The molecular formula is C13H28N2. The van der Waals surface area contributed by atoms with Gasteiger partial charge in [-0.25, -0.2) is 0 Å². The van der Waals surface area contributed by atoms with Gasteiger partial charge in [0.05, 0.1) is 0 Å². The van der Waals surface area contributed by atoms with Gasteiger partial charge in [-0.1, -0.05) is 27.2 Å². The largest absolute Gasteiger partial charge is 0.303 e. The van der Waals surface area contributed by atoms with Crippen LogP contribution in [-0.2, 0) is 0 Å². The molecule has 0 saturated carbocycles. The fourth-order valence-corrected chi connectivity index (χ4v) is 2.56. The Morgan fingerprint density at radius 3 is 2.27 bits per heavy atom. The first kappa shape index (κ1) is 13.0. The molecule has 1 fully saturated rings. The van der Waals surface area contributed by atoms with Crippen molar-refractivity contribution in [2.24, 2.45) is 0 Å². The minimum Gasteiger partial charge on any atom is -0.303 e. The van der Waals surface area contributed by atoms with E-state index in [0.717, 1.165) is 6.04 Å². The number of piperidine rings is 1. The summed E-state index contributed by atoms with van der Waals surface area (Å²) < 4.78 is 0. The first-order valence-corrected chi connectivity index (χ1v) is 6.78. The molecule has 15 heavy (non-hydrogen) atoms. The second-order valence-electron chi connectivity index (χ2n) is 4.65. The highest BCUT2D eigenvalue weighted by molar-refractivity contribution is 4.78. The average molecular weight is 212 g/mol. The van der Waals surface area contributed by atoms with Crippen molar-refractivity contribution in [2.45, 2.75) is 52.5 Å². The maximum atomic E-state index is 2.69. The Bertz CT molecular complexity index is 151. The lowest BCUT2D eigenvalue weighted by Crippen LogP contribution is -2.45. The third kappa shape index (κ3) is 4.12. The zero-order valence-electron chi connectivity index (χ0n) is 10.8. The average Bonchev–Trinajstić information content (AvgIpc) is 2.31. The fraction of sp³-hybridized carbons (Fsp3) is 1.00. The number of unbranched alkanes of at least 4 members (excludes halogenated alkanes) is 1. The van der Waals surface area contributed by atoms with E-state index in [2.05, 4.69) is 30.6 Å². The minimum atomic E-state index is 0.865. The zero-order valence-corrected chi connectivity index (χ0v) is 10.8. The Hall–Kier alpha value is -0.0800. The molecule has 0 spiro atoms. The minimum absolute atomic E-state index is 0.865. The molecule has 0 unspecified atom stereocenters. The van der Waals surface area contributed by atoms with E-state index in [1.807, 2.05) is 0 Å². The zero-order chi connectivity index (χ0) is 11.1. The van der Waals surface area contributed by atoms with Gasteiger partial charge in [0.15, 0.2) is 0 Å². The molecule has 90 valence electrons. The van der Waals surface area contributed by atoms with E-state index in [9.17, 15) is 0 Å². The summed E-state index contributed by atoms with van der Waals surface area (Å²) >= 11 is 0. The van der Waals surface area contributed by atoms with Gasteiger partial charge in [0.2, 0.25) is 0 Å². The van der Waals surface area contributed by atoms with Gasteiger partial charge < -0.3 is 9.80 Å². The van der Waals surface area contributed by atoms with Gasteiger partial charge in [-0.2, -0.15) is 0 Å². The lowest BCUT2D eigenvalue weighted by molar-refractivity contribution is 0.114. The van der Waals surface area contributed by atoms with E-state index >= 15 is 0 Å². The molecule has 1 rings (SSSR count). The second kappa shape index (κ2) is 7.24. The quantitative estimate of drug-likeness (QED) is 0.668. The van der Waals surface area contributed by atoms with Crippen molar-refractivity contribution in [3.63, 3.8) is 0 Å². The summed E-state index contributed by atoms with van der Waals surface area (Å²) in [7, 11) is 0. The molecule has 1 aliphatic heterocycles. The van der Waals surface area contributed by atoms with Crippen LogP contribution in [-0.4, -0.2) is 48.6 Å². The lowest BCUT2D eigenvalue weighted by Gasteiger charge is -2.37. The van der Waals surface area contributed by atoms with Crippen molar-refractivity contribution < 1.29 is 0 Å². The molecule has 2 nitrogen and oxygen atoms in total. The third-order valence-corrected chi connectivity index (χ3v) is 3.73. The summed E-state index contributed by atoms with van der Waals surface area (Å²) in [5.41, 5.74) is 0. The molecule has 1 saturated heterocycles. The summed E-state index contributed by atoms with van der Waals surface area (Å²) in [5, 5.41) is 0. The molecule has 0 aromatic carbocycles. The molecular weight excluding hydrogens is 184 g/mol. The number of likely N-dealkylation sites (tertiary alicyclic amines) is 1. The van der Waals surface area contributed by atoms with Crippen LogP contribution in [0.25, 0.3) is 0 Å². The standard InChI is InChI=1S/C13H28N2/c1-4-7-10-15(6-3)13-8-11-14(5-2)12-9-13/h13H,4-12H2,1-3H3. The molecule has 0 atom stereocenters. The summed E-state index contributed by atoms with van der Waals surface area (Å²) in [6.45, 7) is 13.3. The summed E-state index contributed by atoms with van der Waals surface area (Å²) in [4.78, 5) is 5.26. The highest BCUT2D eigenvalue weighted by Gasteiger charge is 2.22. The van der Waals surface area contributed by atoms with Crippen LogP contribution in [0.1, 0.15) is 46.5 Å². The van der Waals surface area contributed by atoms with E-state index < -0.39 is 0 Å². The van der Waals surface area contributed by atoms with E-state index in [1.54, 1.807) is 0 Å². The predicted octanol–water partition coefficient (Wildman–Crippen LogP) is 2.59. The molecule has 0 N–H and O–H groups in total. The van der Waals surface area contributed by atoms with Gasteiger partial charge in [0.25, 0.3) is 0 Å². The van der Waals surface area contributed by atoms with Crippen LogP contribution in [0.2, 0.25) is 0 Å². The van der Waals surface area contributed by atoms with Gasteiger partial charge >= 0.3 is 0 Å². The lowest BCUT2D eigenvalue weighted by atomic mass is 10.0. The highest BCUT2D eigenvalue weighted by Crippen LogP contribution is 2.16. The Labute approximate surface area is 95.6 Å². The molecule has 2 heteroatoms. The Kier molecular flexibility index (Phi) is 6.26.